The third-order valence-corrected chi connectivity index (χ3v) is 3.44. The number of hydrogen-bond acceptors (Lipinski definition) is 5. The van der Waals surface area contributed by atoms with Crippen molar-refractivity contribution in [3.8, 4) is 0 Å². The third-order valence-electron chi connectivity index (χ3n) is 3.44. The van der Waals surface area contributed by atoms with Crippen molar-refractivity contribution in [1.82, 2.24) is 4.90 Å². The van der Waals surface area contributed by atoms with Gasteiger partial charge in [-0.2, -0.15) is 0 Å². The second-order valence-electron chi connectivity index (χ2n) is 4.95. The van der Waals surface area contributed by atoms with Crippen LogP contribution in [0.15, 0.2) is 18.2 Å². The van der Waals surface area contributed by atoms with Gasteiger partial charge < -0.3 is 20.7 Å². The number of benzene rings is 1. The van der Waals surface area contributed by atoms with Gasteiger partial charge in [-0.15, -0.1) is 0 Å². The zero-order valence-corrected chi connectivity index (χ0v) is 11.7. The zero-order chi connectivity index (χ0) is 14.7. The Morgan fingerprint density at radius 2 is 2.25 bits per heavy atom. The van der Waals surface area contributed by atoms with Crippen LogP contribution in [0.2, 0.25) is 0 Å². The summed E-state index contributed by atoms with van der Waals surface area (Å²) < 4.78 is 4.76. The van der Waals surface area contributed by atoms with Gasteiger partial charge in [0.15, 0.2) is 0 Å². The van der Waals surface area contributed by atoms with Crippen molar-refractivity contribution in [3.05, 3.63) is 23.8 Å². The molecular weight excluding hydrogens is 258 g/mol. The second kappa shape index (κ2) is 5.81. The molecule has 1 aliphatic heterocycles. The Bertz CT molecular complexity index is 530. The molecule has 3 N–H and O–H groups in total. The monoisotopic (exact) mass is 277 g/mol. The first-order chi connectivity index (χ1) is 9.51. The first-order valence-corrected chi connectivity index (χ1v) is 6.49. The Kier molecular flexibility index (Phi) is 4.12. The standard InChI is InChI=1S/C14H19N3O3/c1-17-8-10(4-6-13(17)18)16-12-5-3-9(15)7-11(12)14(19)20-2/h3,5,7,10,16H,4,6,8,15H2,1-2H3. The molecule has 0 aromatic heterocycles. The number of carbonyl (C=O) groups excluding carboxylic acids is 2. The fraction of sp³-hybridized carbons (Fsp3) is 0.429. The van der Waals surface area contributed by atoms with E-state index >= 15 is 0 Å². The van der Waals surface area contributed by atoms with E-state index in [0.717, 1.165) is 6.42 Å². The average molecular weight is 277 g/mol. The molecule has 6 heteroatoms. The van der Waals surface area contributed by atoms with E-state index < -0.39 is 5.97 Å². The van der Waals surface area contributed by atoms with Gasteiger partial charge in [0, 0.05) is 37.4 Å². The molecule has 1 atom stereocenters. The van der Waals surface area contributed by atoms with Gasteiger partial charge in [0.1, 0.15) is 0 Å². The summed E-state index contributed by atoms with van der Waals surface area (Å²) in [5, 5.41) is 3.29. The van der Waals surface area contributed by atoms with E-state index in [4.69, 9.17) is 10.5 Å². The number of nitrogens with two attached hydrogens (primary N) is 1. The lowest BCUT2D eigenvalue weighted by Gasteiger charge is -2.31. The van der Waals surface area contributed by atoms with Crippen LogP contribution >= 0.6 is 0 Å². The van der Waals surface area contributed by atoms with Crippen LogP contribution in [0.4, 0.5) is 11.4 Å². The number of likely N-dealkylation sites (tertiary alicyclic amines) is 1. The van der Waals surface area contributed by atoms with Crippen molar-refractivity contribution < 1.29 is 14.3 Å². The lowest BCUT2D eigenvalue weighted by atomic mass is 10.0. The van der Waals surface area contributed by atoms with Crippen molar-refractivity contribution in [2.24, 2.45) is 0 Å². The Morgan fingerprint density at radius 3 is 2.90 bits per heavy atom. The van der Waals surface area contributed by atoms with Crippen molar-refractivity contribution in [3.63, 3.8) is 0 Å². The fourth-order valence-corrected chi connectivity index (χ4v) is 2.32. The highest BCUT2D eigenvalue weighted by Gasteiger charge is 2.24. The fourth-order valence-electron chi connectivity index (χ4n) is 2.32. The predicted octanol–water partition coefficient (Wildman–Crippen LogP) is 1.09. The Balaban J connectivity index is 2.17. The summed E-state index contributed by atoms with van der Waals surface area (Å²) in [5.74, 6) is -0.284. The maximum atomic E-state index is 11.8. The van der Waals surface area contributed by atoms with Gasteiger partial charge in [-0.05, 0) is 24.6 Å². The number of nitrogens with one attached hydrogen (secondary N) is 1. The summed E-state index contributed by atoms with van der Waals surface area (Å²) in [6.07, 6.45) is 1.25. The molecule has 2 rings (SSSR count). The molecule has 0 spiro atoms. The molecule has 1 aromatic rings. The first kappa shape index (κ1) is 14.2. The number of amides is 1. The highest BCUT2D eigenvalue weighted by Crippen LogP contribution is 2.23. The number of rotatable bonds is 3. The second-order valence-corrected chi connectivity index (χ2v) is 4.95. The Morgan fingerprint density at radius 1 is 1.50 bits per heavy atom. The van der Waals surface area contributed by atoms with Gasteiger partial charge in [0.2, 0.25) is 5.91 Å². The number of esters is 1. The lowest BCUT2D eigenvalue weighted by Crippen LogP contribution is -2.43. The summed E-state index contributed by atoms with van der Waals surface area (Å²) in [6.45, 7) is 0.615. The lowest BCUT2D eigenvalue weighted by molar-refractivity contribution is -0.132. The minimum Gasteiger partial charge on any atom is -0.465 e. The minimum atomic E-state index is -0.431. The molecule has 1 amide bonds. The van der Waals surface area contributed by atoms with Crippen molar-refractivity contribution >= 4 is 23.3 Å². The molecule has 1 heterocycles. The summed E-state index contributed by atoms with van der Waals surface area (Å²) in [4.78, 5) is 24.9. The smallest absolute Gasteiger partial charge is 0.340 e. The highest BCUT2D eigenvalue weighted by atomic mass is 16.5. The molecule has 0 saturated carbocycles. The molecule has 0 aliphatic carbocycles. The van der Waals surface area contributed by atoms with E-state index in [2.05, 4.69) is 5.32 Å². The number of nitrogens with zero attached hydrogens (tertiary/aromatic N) is 1. The summed E-state index contributed by atoms with van der Waals surface area (Å²) in [7, 11) is 3.11. The summed E-state index contributed by atoms with van der Waals surface area (Å²) in [6, 6.07) is 5.20. The van der Waals surface area contributed by atoms with Gasteiger partial charge in [-0.3, -0.25) is 4.79 Å². The van der Waals surface area contributed by atoms with Crippen LogP contribution < -0.4 is 11.1 Å². The molecule has 1 saturated heterocycles. The Labute approximate surface area is 117 Å². The molecule has 1 aliphatic rings. The van der Waals surface area contributed by atoms with Crippen LogP contribution in [0.5, 0.6) is 0 Å². The molecule has 0 bridgehead atoms. The summed E-state index contributed by atoms with van der Waals surface area (Å²) >= 11 is 0. The maximum absolute atomic E-state index is 11.8. The van der Waals surface area contributed by atoms with Gasteiger partial charge in [-0.1, -0.05) is 0 Å². The SMILES string of the molecule is COC(=O)c1cc(N)ccc1NC1CCC(=O)N(C)C1. The van der Waals surface area contributed by atoms with E-state index in [1.165, 1.54) is 7.11 Å². The first-order valence-electron chi connectivity index (χ1n) is 6.49. The Hall–Kier alpha value is -2.24. The minimum absolute atomic E-state index is 0.115. The number of ether oxygens (including phenoxy) is 1. The zero-order valence-electron chi connectivity index (χ0n) is 11.7. The molecule has 108 valence electrons. The highest BCUT2D eigenvalue weighted by molar-refractivity contribution is 5.96. The number of carbonyl (C=O) groups is 2. The van der Waals surface area contributed by atoms with Crippen molar-refractivity contribution in [2.75, 3.05) is 31.8 Å². The molecule has 1 aromatic carbocycles. The van der Waals surface area contributed by atoms with E-state index in [9.17, 15) is 9.59 Å². The van der Waals surface area contributed by atoms with E-state index in [1.54, 1.807) is 30.1 Å². The molecular formula is C14H19N3O3. The number of methoxy groups -OCH3 is 1. The number of piperidine rings is 1. The van der Waals surface area contributed by atoms with E-state index in [0.29, 0.717) is 29.9 Å². The predicted molar refractivity (Wildman–Crippen MR) is 76.5 cm³/mol. The average Bonchev–Trinajstić information content (AvgIpc) is 2.44. The molecule has 6 nitrogen and oxygen atoms in total. The molecule has 0 radical (unpaired) electrons. The quantitative estimate of drug-likeness (QED) is 0.638. The van der Waals surface area contributed by atoms with Crippen molar-refractivity contribution in [1.29, 1.82) is 0 Å². The van der Waals surface area contributed by atoms with Crippen LogP contribution in [-0.4, -0.2) is 43.5 Å². The molecule has 1 unspecified atom stereocenters. The normalized spacial score (nSPS) is 18.8. The van der Waals surface area contributed by atoms with Gasteiger partial charge >= 0.3 is 5.97 Å². The number of likely N-dealkylation sites (N-methyl/N-ethyl adjacent to an activating group) is 1. The van der Waals surface area contributed by atoms with Crippen molar-refractivity contribution in [2.45, 2.75) is 18.9 Å². The van der Waals surface area contributed by atoms with Crippen LogP contribution in [0.1, 0.15) is 23.2 Å². The van der Waals surface area contributed by atoms with Crippen LogP contribution in [0.3, 0.4) is 0 Å². The van der Waals surface area contributed by atoms with Gasteiger partial charge in [-0.25, -0.2) is 4.79 Å². The number of hydrogen-bond donors (Lipinski definition) is 2. The van der Waals surface area contributed by atoms with Gasteiger partial charge in [0.05, 0.1) is 12.7 Å². The molecule has 20 heavy (non-hydrogen) atoms. The van der Waals surface area contributed by atoms with E-state index in [-0.39, 0.29) is 11.9 Å². The largest absolute Gasteiger partial charge is 0.465 e. The maximum Gasteiger partial charge on any atom is 0.340 e. The van der Waals surface area contributed by atoms with Crippen LogP contribution in [0, 0.1) is 0 Å². The summed E-state index contributed by atoms with van der Waals surface area (Å²) in [5.41, 5.74) is 7.30. The number of anilines is 2. The van der Waals surface area contributed by atoms with Gasteiger partial charge in [0.25, 0.3) is 0 Å². The van der Waals surface area contributed by atoms with Crippen LogP contribution in [0.25, 0.3) is 0 Å². The molecule has 1 fully saturated rings. The number of nitrogen functional groups attached to an aromatic ring is 1. The van der Waals surface area contributed by atoms with Crippen LogP contribution in [-0.2, 0) is 9.53 Å². The topological polar surface area (TPSA) is 84.7 Å². The van der Waals surface area contributed by atoms with E-state index in [1.807, 2.05) is 0 Å². The third kappa shape index (κ3) is 3.01.